The summed E-state index contributed by atoms with van der Waals surface area (Å²) in [7, 11) is 4.01. The van der Waals surface area contributed by atoms with Crippen molar-refractivity contribution in [1.82, 2.24) is 9.29 Å². The van der Waals surface area contributed by atoms with Crippen LogP contribution in [-0.2, 0) is 16.1 Å². The molecule has 0 bridgehead atoms. The second kappa shape index (κ2) is 13.0. The molecule has 6 nitrogen and oxygen atoms in total. The number of ether oxygens (including phenoxy) is 2. The van der Waals surface area contributed by atoms with Gasteiger partial charge in [0.2, 0.25) is 5.88 Å². The summed E-state index contributed by atoms with van der Waals surface area (Å²) in [6.07, 6.45) is 5.84. The van der Waals surface area contributed by atoms with E-state index in [9.17, 15) is 0 Å². The Morgan fingerprint density at radius 1 is 1.28 bits per heavy atom. The molecule has 2 heterocycles. The van der Waals surface area contributed by atoms with Crippen LogP contribution in [0.5, 0.6) is 5.88 Å². The van der Waals surface area contributed by atoms with E-state index in [1.54, 1.807) is 11.9 Å². The summed E-state index contributed by atoms with van der Waals surface area (Å²) in [5, 5.41) is 3.13. The zero-order valence-corrected chi connectivity index (χ0v) is 17.9. The fourth-order valence-corrected chi connectivity index (χ4v) is 3.52. The van der Waals surface area contributed by atoms with Gasteiger partial charge in [-0.25, -0.2) is 9.29 Å². The molecule has 2 aromatic rings. The highest BCUT2D eigenvalue weighted by atomic mass is 32.2. The van der Waals surface area contributed by atoms with Gasteiger partial charge in [0.25, 0.3) is 0 Å². The minimum atomic E-state index is 0.228. The Kier molecular flexibility index (Phi) is 10.3. The molecule has 0 spiro atoms. The Bertz CT molecular complexity index is 726. The monoisotopic (exact) mass is 415 g/mol. The zero-order valence-electron chi connectivity index (χ0n) is 17.0. The maximum atomic E-state index is 9.06. The number of anilines is 1. The van der Waals surface area contributed by atoms with Gasteiger partial charge in [-0.1, -0.05) is 12.6 Å². The van der Waals surface area contributed by atoms with Crippen LogP contribution in [0.15, 0.2) is 60.1 Å². The Balaban J connectivity index is 0.000000687. The second-order valence-electron chi connectivity index (χ2n) is 6.46. The molecular weight excluding hydrogens is 386 g/mol. The van der Waals surface area contributed by atoms with Crippen molar-refractivity contribution < 1.29 is 14.3 Å². The molecule has 1 aromatic heterocycles. The normalized spacial score (nSPS) is 13.9. The first-order chi connectivity index (χ1) is 14.1. The molecule has 1 saturated heterocycles. The molecule has 7 heteroatoms. The van der Waals surface area contributed by atoms with E-state index in [-0.39, 0.29) is 6.10 Å². The number of nitrogens with zero attached hydrogens (tertiary/aromatic N) is 2. The lowest BCUT2D eigenvalue weighted by Crippen LogP contribution is -2.26. The van der Waals surface area contributed by atoms with Crippen molar-refractivity contribution in [2.45, 2.75) is 30.4 Å². The maximum absolute atomic E-state index is 9.06. The number of aromatic nitrogens is 1. The van der Waals surface area contributed by atoms with E-state index in [2.05, 4.69) is 58.6 Å². The van der Waals surface area contributed by atoms with Crippen LogP contribution in [-0.4, -0.2) is 49.0 Å². The summed E-state index contributed by atoms with van der Waals surface area (Å²) in [5.74, 6) is 0.702. The van der Waals surface area contributed by atoms with Gasteiger partial charge in [0.05, 0.1) is 13.2 Å². The maximum Gasteiger partial charge on any atom is 0.213 e. The fourth-order valence-electron chi connectivity index (χ4n) is 2.69. The molecule has 1 fully saturated rings. The summed E-state index contributed by atoms with van der Waals surface area (Å²) in [6, 6.07) is 12.5. The molecule has 29 heavy (non-hydrogen) atoms. The number of nitrogens with one attached hydrogen (secondary N) is 1. The van der Waals surface area contributed by atoms with Gasteiger partial charge in [-0.2, -0.15) is 0 Å². The van der Waals surface area contributed by atoms with E-state index in [1.807, 2.05) is 19.3 Å². The van der Waals surface area contributed by atoms with Gasteiger partial charge in [0, 0.05) is 49.3 Å². The Labute approximate surface area is 177 Å². The minimum Gasteiger partial charge on any atom is -0.474 e. The molecule has 0 aliphatic carbocycles. The van der Waals surface area contributed by atoms with Crippen LogP contribution < -0.4 is 10.1 Å². The molecule has 0 unspecified atom stereocenters. The minimum absolute atomic E-state index is 0.228. The van der Waals surface area contributed by atoms with E-state index in [4.69, 9.17) is 14.3 Å². The lowest BCUT2D eigenvalue weighted by atomic mass is 10.1. The summed E-state index contributed by atoms with van der Waals surface area (Å²) >= 11 is 1.72. The van der Waals surface area contributed by atoms with Gasteiger partial charge in [-0.15, -0.1) is 0 Å². The van der Waals surface area contributed by atoms with Gasteiger partial charge in [-0.3, -0.25) is 4.79 Å². The van der Waals surface area contributed by atoms with Crippen LogP contribution in [0.25, 0.3) is 0 Å². The van der Waals surface area contributed by atoms with E-state index >= 15 is 0 Å². The zero-order chi connectivity index (χ0) is 20.9. The fraction of sp³-hybridized carbons (Fsp3) is 0.364. The number of hydrogen-bond acceptors (Lipinski definition) is 7. The lowest BCUT2D eigenvalue weighted by molar-refractivity contribution is -0.104. The third-order valence-electron chi connectivity index (χ3n) is 4.16. The second-order valence-corrected chi connectivity index (χ2v) is 7.74. The summed E-state index contributed by atoms with van der Waals surface area (Å²) in [5.41, 5.74) is 2.29. The first-order valence-corrected chi connectivity index (χ1v) is 10.3. The molecule has 1 aliphatic heterocycles. The SMILES string of the molecule is C=CC=O.CNc1ccc(SN(C)Cc2ccc(OC3CCOCC3)nc2)cc1. The number of rotatable bonds is 8. The van der Waals surface area contributed by atoms with Crippen molar-refractivity contribution in [2.24, 2.45) is 0 Å². The van der Waals surface area contributed by atoms with Crippen molar-refractivity contribution in [3.63, 3.8) is 0 Å². The van der Waals surface area contributed by atoms with Gasteiger partial charge in [0.15, 0.2) is 0 Å². The molecule has 0 saturated carbocycles. The topological polar surface area (TPSA) is 63.7 Å². The average molecular weight is 416 g/mol. The number of allylic oxidation sites excluding steroid dienone is 1. The Morgan fingerprint density at radius 2 is 1.97 bits per heavy atom. The largest absolute Gasteiger partial charge is 0.474 e. The Hall–Kier alpha value is -2.35. The van der Waals surface area contributed by atoms with E-state index < -0.39 is 0 Å². The molecule has 0 radical (unpaired) electrons. The average Bonchev–Trinajstić information content (AvgIpc) is 2.76. The van der Waals surface area contributed by atoms with Crippen molar-refractivity contribution >= 4 is 23.9 Å². The number of benzene rings is 1. The molecule has 0 amide bonds. The van der Waals surface area contributed by atoms with Crippen molar-refractivity contribution in [3.05, 3.63) is 60.8 Å². The van der Waals surface area contributed by atoms with E-state index in [0.29, 0.717) is 12.2 Å². The van der Waals surface area contributed by atoms with Gasteiger partial charge in [-0.05, 0) is 54.9 Å². The van der Waals surface area contributed by atoms with Crippen molar-refractivity contribution in [3.8, 4) is 5.88 Å². The summed E-state index contributed by atoms with van der Waals surface area (Å²) in [4.78, 5) is 14.7. The Morgan fingerprint density at radius 3 is 2.52 bits per heavy atom. The summed E-state index contributed by atoms with van der Waals surface area (Å²) < 4.78 is 13.5. The number of carbonyl (C=O) groups is 1. The first-order valence-electron chi connectivity index (χ1n) is 9.57. The number of hydrogen-bond donors (Lipinski definition) is 1. The molecule has 156 valence electrons. The molecule has 3 rings (SSSR count). The number of carbonyl (C=O) groups excluding carboxylic acids is 1. The number of pyridine rings is 1. The molecule has 1 aliphatic rings. The van der Waals surface area contributed by atoms with E-state index in [0.717, 1.165) is 38.3 Å². The van der Waals surface area contributed by atoms with Crippen LogP contribution in [0.4, 0.5) is 5.69 Å². The highest BCUT2D eigenvalue weighted by molar-refractivity contribution is 7.97. The highest BCUT2D eigenvalue weighted by Gasteiger charge is 2.15. The van der Waals surface area contributed by atoms with Crippen LogP contribution in [0, 0.1) is 0 Å². The van der Waals surface area contributed by atoms with E-state index in [1.165, 1.54) is 16.5 Å². The van der Waals surface area contributed by atoms with Gasteiger partial charge >= 0.3 is 0 Å². The molecular formula is C22H29N3O3S. The van der Waals surface area contributed by atoms with Crippen LogP contribution in [0.3, 0.4) is 0 Å². The van der Waals surface area contributed by atoms with Crippen molar-refractivity contribution in [2.75, 3.05) is 32.6 Å². The molecule has 0 atom stereocenters. The third-order valence-corrected chi connectivity index (χ3v) is 5.08. The smallest absolute Gasteiger partial charge is 0.213 e. The predicted molar refractivity (Wildman–Crippen MR) is 118 cm³/mol. The molecule has 1 N–H and O–H groups in total. The summed E-state index contributed by atoms with van der Waals surface area (Å²) in [6.45, 7) is 5.49. The van der Waals surface area contributed by atoms with Crippen LogP contribution >= 0.6 is 11.9 Å². The van der Waals surface area contributed by atoms with Gasteiger partial charge in [0.1, 0.15) is 12.4 Å². The van der Waals surface area contributed by atoms with Crippen molar-refractivity contribution in [1.29, 1.82) is 0 Å². The predicted octanol–water partition coefficient (Wildman–Crippen LogP) is 4.19. The van der Waals surface area contributed by atoms with Crippen LogP contribution in [0.2, 0.25) is 0 Å². The highest BCUT2D eigenvalue weighted by Crippen LogP contribution is 2.24. The first kappa shape index (κ1) is 22.9. The van der Waals surface area contributed by atoms with Gasteiger partial charge < -0.3 is 14.8 Å². The quantitative estimate of drug-likeness (QED) is 0.394. The lowest BCUT2D eigenvalue weighted by Gasteiger charge is -2.22. The number of aldehydes is 1. The van der Waals surface area contributed by atoms with Crippen LogP contribution in [0.1, 0.15) is 18.4 Å². The molecule has 1 aromatic carbocycles. The third kappa shape index (κ3) is 8.68. The standard InChI is InChI=1S/C19H25N3O2S.C3H4O/c1-20-16-4-6-18(7-5-16)25-22(2)14-15-3-8-19(21-13-15)24-17-9-11-23-12-10-17;1-2-3-4/h3-8,13,17,20H,9-12,14H2,1-2H3;2-3H,1H2.